The van der Waals surface area contributed by atoms with E-state index in [9.17, 15) is 0 Å². The summed E-state index contributed by atoms with van der Waals surface area (Å²) in [4.78, 5) is 2.36. The van der Waals surface area contributed by atoms with Gasteiger partial charge >= 0.3 is 0 Å². The fourth-order valence-corrected chi connectivity index (χ4v) is 3.57. The van der Waals surface area contributed by atoms with Gasteiger partial charge in [0.15, 0.2) is 0 Å². The van der Waals surface area contributed by atoms with Gasteiger partial charge in [0, 0.05) is 25.1 Å². The van der Waals surface area contributed by atoms with E-state index in [0.717, 1.165) is 25.3 Å². The third-order valence-corrected chi connectivity index (χ3v) is 4.89. The lowest BCUT2D eigenvalue weighted by Crippen LogP contribution is -2.25. The van der Waals surface area contributed by atoms with E-state index in [1.54, 1.807) is 0 Å². The van der Waals surface area contributed by atoms with Gasteiger partial charge in [0.25, 0.3) is 0 Å². The Morgan fingerprint density at radius 1 is 1.00 bits per heavy atom. The van der Waals surface area contributed by atoms with Gasteiger partial charge in [-0.05, 0) is 43.0 Å². The molecule has 142 valence electrons. The van der Waals surface area contributed by atoms with Crippen LogP contribution in [0.25, 0.3) is 0 Å². The normalized spacial score (nSPS) is 15.3. The van der Waals surface area contributed by atoms with E-state index in [4.69, 9.17) is 4.74 Å². The number of fused-ring (bicyclic) bond motifs is 1. The van der Waals surface area contributed by atoms with E-state index < -0.39 is 0 Å². The summed E-state index contributed by atoms with van der Waals surface area (Å²) in [5, 5.41) is 0. The minimum Gasteiger partial charge on any atom is -0.487 e. The molecule has 1 aliphatic rings. The highest BCUT2D eigenvalue weighted by Gasteiger charge is 2.31. The molecule has 0 saturated carbocycles. The molecule has 3 heteroatoms. The Balaban J connectivity index is 0.00000243. The second kappa shape index (κ2) is 7.62. The number of ether oxygens (including phenoxy) is 1. The van der Waals surface area contributed by atoms with Crippen LogP contribution in [0.5, 0.6) is 5.75 Å². The smallest absolute Gasteiger partial charge is 0.127 e. The first-order chi connectivity index (χ1) is 11.6. The van der Waals surface area contributed by atoms with Crippen LogP contribution in [0.3, 0.4) is 0 Å². The highest BCUT2D eigenvalue weighted by molar-refractivity contribution is 5.85. The summed E-state index contributed by atoms with van der Waals surface area (Å²) in [6.07, 6.45) is 0.994. The Morgan fingerprint density at radius 2 is 1.65 bits per heavy atom. The SMILES string of the molecule is CN(Cc1ccc(C(C)(C)C)cc1)Cc1cccc2c1OC(C)(C)C2.Cl. The number of nitrogens with zero attached hydrogens (tertiary/aromatic N) is 1. The monoisotopic (exact) mass is 373 g/mol. The van der Waals surface area contributed by atoms with Gasteiger partial charge in [0.2, 0.25) is 0 Å². The Labute approximate surface area is 165 Å². The number of para-hydroxylation sites is 1. The highest BCUT2D eigenvalue weighted by atomic mass is 35.5. The summed E-state index contributed by atoms with van der Waals surface area (Å²) < 4.78 is 6.20. The number of rotatable bonds is 4. The predicted molar refractivity (Wildman–Crippen MR) is 112 cm³/mol. The van der Waals surface area contributed by atoms with Crippen molar-refractivity contribution in [2.75, 3.05) is 7.05 Å². The Hall–Kier alpha value is -1.51. The largest absolute Gasteiger partial charge is 0.487 e. The number of halogens is 1. The molecule has 0 unspecified atom stereocenters. The molecule has 0 amide bonds. The first-order valence-electron chi connectivity index (χ1n) is 9.22. The van der Waals surface area contributed by atoms with Crippen LogP contribution in [0.2, 0.25) is 0 Å². The molecule has 2 nitrogen and oxygen atoms in total. The van der Waals surface area contributed by atoms with Crippen LogP contribution in [-0.4, -0.2) is 17.5 Å². The maximum absolute atomic E-state index is 6.20. The summed E-state index contributed by atoms with van der Waals surface area (Å²) in [5.41, 5.74) is 5.49. The van der Waals surface area contributed by atoms with Crippen molar-refractivity contribution in [2.24, 2.45) is 0 Å². The molecule has 0 spiro atoms. The van der Waals surface area contributed by atoms with E-state index in [1.807, 2.05) is 0 Å². The molecule has 0 aromatic heterocycles. The average molecular weight is 374 g/mol. The van der Waals surface area contributed by atoms with Crippen molar-refractivity contribution < 1.29 is 4.74 Å². The van der Waals surface area contributed by atoms with Gasteiger partial charge in [-0.15, -0.1) is 12.4 Å². The lowest BCUT2D eigenvalue weighted by Gasteiger charge is -2.22. The van der Waals surface area contributed by atoms with E-state index in [2.05, 4.69) is 89.0 Å². The van der Waals surface area contributed by atoms with Crippen molar-refractivity contribution >= 4 is 12.4 Å². The van der Waals surface area contributed by atoms with Gasteiger partial charge < -0.3 is 4.74 Å². The van der Waals surface area contributed by atoms with Gasteiger partial charge in [0.05, 0.1) is 0 Å². The molecule has 0 aliphatic carbocycles. The van der Waals surface area contributed by atoms with Crippen LogP contribution >= 0.6 is 12.4 Å². The maximum atomic E-state index is 6.20. The highest BCUT2D eigenvalue weighted by Crippen LogP contribution is 2.38. The zero-order valence-electron chi connectivity index (χ0n) is 16.9. The van der Waals surface area contributed by atoms with Crippen LogP contribution in [-0.2, 0) is 24.9 Å². The lowest BCUT2D eigenvalue weighted by atomic mass is 9.87. The third kappa shape index (κ3) is 4.81. The summed E-state index contributed by atoms with van der Waals surface area (Å²) in [6, 6.07) is 15.6. The van der Waals surface area contributed by atoms with Crippen LogP contribution in [0.4, 0.5) is 0 Å². The second-order valence-electron chi connectivity index (χ2n) is 9.06. The van der Waals surface area contributed by atoms with Crippen molar-refractivity contribution in [1.82, 2.24) is 4.90 Å². The Morgan fingerprint density at radius 3 is 2.27 bits per heavy atom. The van der Waals surface area contributed by atoms with Gasteiger partial charge in [0.1, 0.15) is 11.4 Å². The summed E-state index contributed by atoms with van der Waals surface area (Å²) in [5.74, 6) is 1.10. The molecule has 3 rings (SSSR count). The van der Waals surface area contributed by atoms with Crippen molar-refractivity contribution in [3.63, 3.8) is 0 Å². The van der Waals surface area contributed by atoms with E-state index in [0.29, 0.717) is 0 Å². The Kier molecular flexibility index (Phi) is 6.09. The maximum Gasteiger partial charge on any atom is 0.127 e. The molecule has 2 aromatic rings. The molecule has 0 radical (unpaired) electrons. The molecular formula is C23H32ClNO. The van der Waals surface area contributed by atoms with Crippen LogP contribution in [0.1, 0.15) is 56.9 Å². The molecule has 2 aromatic carbocycles. The quantitative estimate of drug-likeness (QED) is 0.676. The molecule has 26 heavy (non-hydrogen) atoms. The van der Waals surface area contributed by atoms with Crippen molar-refractivity contribution in [1.29, 1.82) is 0 Å². The molecular weight excluding hydrogens is 342 g/mol. The summed E-state index contributed by atoms with van der Waals surface area (Å²) in [7, 11) is 2.18. The Bertz CT molecular complexity index is 744. The fraction of sp³-hybridized carbons (Fsp3) is 0.478. The van der Waals surface area contributed by atoms with Gasteiger partial charge in [-0.25, -0.2) is 0 Å². The first-order valence-corrected chi connectivity index (χ1v) is 9.22. The molecule has 1 heterocycles. The van der Waals surface area contributed by atoms with Crippen molar-refractivity contribution in [2.45, 2.75) is 65.1 Å². The summed E-state index contributed by atoms with van der Waals surface area (Å²) >= 11 is 0. The van der Waals surface area contributed by atoms with Crippen LogP contribution < -0.4 is 4.74 Å². The minimum atomic E-state index is -0.0835. The van der Waals surface area contributed by atoms with Gasteiger partial charge in [-0.2, -0.15) is 0 Å². The zero-order chi connectivity index (χ0) is 18.2. The van der Waals surface area contributed by atoms with Gasteiger partial charge in [-0.1, -0.05) is 63.2 Å². The first kappa shape index (κ1) is 20.8. The average Bonchev–Trinajstić information content (AvgIpc) is 2.82. The third-order valence-electron chi connectivity index (χ3n) is 4.89. The standard InChI is InChI=1S/C23H31NO.ClH/c1-22(2,3)20-12-10-17(11-13-20)15-24(6)16-19-9-7-8-18-14-23(4,5)25-21(18)19;/h7-13H,14-16H2,1-6H3;1H. The molecule has 0 bridgehead atoms. The fourth-order valence-electron chi connectivity index (χ4n) is 3.57. The molecule has 0 fully saturated rings. The summed E-state index contributed by atoms with van der Waals surface area (Å²) in [6.45, 7) is 12.9. The zero-order valence-corrected chi connectivity index (χ0v) is 17.7. The van der Waals surface area contributed by atoms with Crippen LogP contribution in [0, 0.1) is 0 Å². The molecule has 0 N–H and O–H groups in total. The lowest BCUT2D eigenvalue weighted by molar-refractivity contribution is 0.135. The molecule has 0 atom stereocenters. The predicted octanol–water partition coefficient (Wildman–Crippen LogP) is 5.75. The van der Waals surface area contributed by atoms with Crippen molar-refractivity contribution in [3.05, 3.63) is 64.7 Å². The van der Waals surface area contributed by atoms with E-state index in [1.165, 1.54) is 22.3 Å². The van der Waals surface area contributed by atoms with Crippen LogP contribution in [0.15, 0.2) is 42.5 Å². The van der Waals surface area contributed by atoms with E-state index in [-0.39, 0.29) is 23.4 Å². The molecule has 1 aliphatic heterocycles. The topological polar surface area (TPSA) is 12.5 Å². The number of hydrogen-bond acceptors (Lipinski definition) is 2. The molecule has 0 saturated heterocycles. The number of hydrogen-bond donors (Lipinski definition) is 0. The second-order valence-corrected chi connectivity index (χ2v) is 9.06. The minimum absolute atomic E-state index is 0. The number of benzene rings is 2. The van der Waals surface area contributed by atoms with E-state index >= 15 is 0 Å². The van der Waals surface area contributed by atoms with Gasteiger partial charge in [-0.3, -0.25) is 4.90 Å². The van der Waals surface area contributed by atoms with Crippen molar-refractivity contribution in [3.8, 4) is 5.75 Å².